The van der Waals surface area contributed by atoms with E-state index in [1.165, 1.54) is 18.2 Å². The molecule has 210 valence electrons. The Hall–Kier alpha value is -5.40. The molecule has 0 saturated carbocycles. The van der Waals surface area contributed by atoms with Crippen molar-refractivity contribution in [2.24, 2.45) is 10.2 Å². The van der Waals surface area contributed by atoms with Crippen LogP contribution in [0, 0.1) is 18.3 Å². The van der Waals surface area contributed by atoms with Crippen LogP contribution >= 0.6 is 0 Å². The maximum atomic E-state index is 13.5. The summed E-state index contributed by atoms with van der Waals surface area (Å²) in [6.07, 6.45) is 0.719. The molecule has 5 rings (SSSR count). The van der Waals surface area contributed by atoms with E-state index in [1.807, 2.05) is 30.3 Å². The zero-order valence-corrected chi connectivity index (χ0v) is 23.1. The molecule has 0 amide bonds. The van der Waals surface area contributed by atoms with Gasteiger partial charge in [0.05, 0.1) is 29.0 Å². The van der Waals surface area contributed by atoms with E-state index >= 15 is 0 Å². The van der Waals surface area contributed by atoms with Gasteiger partial charge in [-0.15, -0.1) is 10.2 Å². The Labute approximate surface area is 242 Å². The number of hydrogen-bond donors (Lipinski definition) is 3. The lowest BCUT2D eigenvalue weighted by molar-refractivity contribution is 0.0977. The first-order valence-electron chi connectivity index (χ1n) is 13.4. The van der Waals surface area contributed by atoms with Gasteiger partial charge >= 0.3 is 0 Å². The number of ketones is 2. The summed E-state index contributed by atoms with van der Waals surface area (Å²) in [7, 11) is 1.59. The van der Waals surface area contributed by atoms with E-state index in [0.29, 0.717) is 48.1 Å². The van der Waals surface area contributed by atoms with Crippen molar-refractivity contribution in [2.75, 3.05) is 37.4 Å². The number of benzene rings is 3. The summed E-state index contributed by atoms with van der Waals surface area (Å²) in [6, 6.07) is 21.3. The molecule has 1 heterocycles. The Morgan fingerprint density at radius 1 is 0.881 bits per heavy atom. The van der Waals surface area contributed by atoms with Gasteiger partial charge in [-0.3, -0.25) is 9.59 Å². The molecule has 0 atom stereocenters. The summed E-state index contributed by atoms with van der Waals surface area (Å²) in [5.41, 5.74) is 2.78. The highest BCUT2D eigenvalue weighted by molar-refractivity contribution is 6.30. The molecule has 0 radical (unpaired) electrons. The van der Waals surface area contributed by atoms with Crippen molar-refractivity contribution < 1.29 is 19.4 Å². The van der Waals surface area contributed by atoms with E-state index in [9.17, 15) is 20.0 Å². The highest BCUT2D eigenvalue weighted by Gasteiger charge is 2.33. The van der Waals surface area contributed by atoms with Crippen molar-refractivity contribution >= 4 is 34.6 Å². The predicted molar refractivity (Wildman–Crippen MR) is 158 cm³/mol. The van der Waals surface area contributed by atoms with Crippen LogP contribution in [0.1, 0.15) is 48.5 Å². The number of fused-ring (bicyclic) bond motifs is 2. The summed E-state index contributed by atoms with van der Waals surface area (Å²) in [5.74, 6) is -0.381. The number of azo groups is 1. The number of phenolic OH excluding ortho intramolecular Hbond substituents is 1. The number of aromatic hydroxyl groups is 1. The Bertz CT molecular complexity index is 1740. The zero-order chi connectivity index (χ0) is 29.6. The van der Waals surface area contributed by atoms with Crippen LogP contribution in [-0.2, 0) is 11.2 Å². The van der Waals surface area contributed by atoms with Crippen LogP contribution in [0.5, 0.6) is 5.75 Å². The Morgan fingerprint density at radius 3 is 2.33 bits per heavy atom. The lowest BCUT2D eigenvalue weighted by Crippen LogP contribution is -2.21. The number of rotatable bonds is 10. The number of phenols is 1. The lowest BCUT2D eigenvalue weighted by Gasteiger charge is -2.19. The molecule has 0 spiro atoms. The van der Waals surface area contributed by atoms with Crippen LogP contribution in [-0.4, -0.2) is 48.5 Å². The molecule has 10 heteroatoms. The molecule has 3 aromatic carbocycles. The molecule has 0 saturated heterocycles. The average molecular weight is 561 g/mol. The van der Waals surface area contributed by atoms with E-state index in [1.54, 1.807) is 32.2 Å². The third kappa shape index (κ3) is 5.46. The number of nitriles is 1. The fraction of sp³-hybridized carbons (Fsp3) is 0.188. The van der Waals surface area contributed by atoms with Crippen molar-refractivity contribution in [3.8, 4) is 11.8 Å². The number of nitrogens with one attached hydrogen (secondary N) is 2. The standard InChI is InChI=1S/C32H28N6O4/c1-19-23(18-33)31(35-16-17-42-2)36-32(34-15-14-20-8-4-3-5-9-20)28(19)38-37-24-12-6-10-21-26(24)30(41)27-22(29(21)40)11-7-13-25(27)39/h3-13,39H,14-17H2,1-2H3,(H2,34,35,36). The van der Waals surface area contributed by atoms with E-state index in [0.717, 1.165) is 12.0 Å². The summed E-state index contributed by atoms with van der Waals surface area (Å²) in [5, 5.41) is 35.7. The number of ether oxygens (including phenoxy) is 1. The van der Waals surface area contributed by atoms with Crippen LogP contribution in [0.15, 0.2) is 77.0 Å². The molecule has 0 unspecified atom stereocenters. The summed E-state index contributed by atoms with van der Waals surface area (Å²) >= 11 is 0. The Balaban J connectivity index is 1.55. The first-order valence-corrected chi connectivity index (χ1v) is 13.4. The molecule has 0 bridgehead atoms. The largest absolute Gasteiger partial charge is 0.507 e. The third-order valence-electron chi connectivity index (χ3n) is 6.96. The van der Waals surface area contributed by atoms with Crippen molar-refractivity contribution in [3.63, 3.8) is 0 Å². The number of carbonyl (C=O) groups is 2. The van der Waals surface area contributed by atoms with E-state index in [-0.39, 0.29) is 39.5 Å². The van der Waals surface area contributed by atoms with Gasteiger partial charge in [-0.25, -0.2) is 4.98 Å². The number of methoxy groups -OCH3 is 1. The molecule has 42 heavy (non-hydrogen) atoms. The maximum Gasteiger partial charge on any atom is 0.200 e. The Kier molecular flexibility index (Phi) is 8.32. The molecule has 0 fully saturated rings. The molecular weight excluding hydrogens is 532 g/mol. The topological polar surface area (TPSA) is 149 Å². The number of hydrogen-bond acceptors (Lipinski definition) is 10. The first-order chi connectivity index (χ1) is 20.4. The second kappa shape index (κ2) is 12.4. The molecule has 1 aliphatic carbocycles. The quantitative estimate of drug-likeness (QED) is 0.142. The second-order valence-electron chi connectivity index (χ2n) is 9.61. The molecule has 1 aliphatic rings. The van der Waals surface area contributed by atoms with Gasteiger partial charge in [-0.2, -0.15) is 5.26 Å². The smallest absolute Gasteiger partial charge is 0.200 e. The van der Waals surface area contributed by atoms with E-state index in [4.69, 9.17) is 4.74 Å². The Morgan fingerprint density at radius 2 is 1.60 bits per heavy atom. The van der Waals surface area contributed by atoms with Crippen LogP contribution < -0.4 is 10.6 Å². The van der Waals surface area contributed by atoms with Crippen molar-refractivity contribution in [1.82, 2.24) is 4.98 Å². The highest BCUT2D eigenvalue weighted by atomic mass is 16.5. The van der Waals surface area contributed by atoms with Crippen molar-refractivity contribution in [2.45, 2.75) is 13.3 Å². The summed E-state index contributed by atoms with van der Waals surface area (Å²) in [6.45, 7) is 3.16. The van der Waals surface area contributed by atoms with Gasteiger partial charge in [0.2, 0.25) is 0 Å². The zero-order valence-electron chi connectivity index (χ0n) is 23.1. The number of carbonyl (C=O) groups excluding carboxylic acids is 2. The predicted octanol–water partition coefficient (Wildman–Crippen LogP) is 5.87. The third-order valence-corrected chi connectivity index (χ3v) is 6.96. The van der Waals surface area contributed by atoms with Gasteiger partial charge < -0.3 is 20.5 Å². The van der Waals surface area contributed by atoms with Crippen molar-refractivity contribution in [1.29, 1.82) is 5.26 Å². The van der Waals surface area contributed by atoms with Gasteiger partial charge in [0, 0.05) is 36.9 Å². The molecule has 4 aromatic rings. The van der Waals surface area contributed by atoms with Crippen LogP contribution in [0.4, 0.5) is 23.0 Å². The van der Waals surface area contributed by atoms with E-state index in [2.05, 4.69) is 31.9 Å². The lowest BCUT2D eigenvalue weighted by atomic mass is 9.83. The number of aromatic nitrogens is 1. The van der Waals surface area contributed by atoms with E-state index < -0.39 is 5.78 Å². The molecule has 1 aromatic heterocycles. The SMILES string of the molecule is COCCNc1nc(NCCc2ccccc2)c(N=Nc2cccc3c2C(=O)c2c(O)cccc2C3=O)c(C)c1C#N. The fourth-order valence-electron chi connectivity index (χ4n) is 4.84. The van der Waals surface area contributed by atoms with Gasteiger partial charge in [-0.05, 0) is 31.0 Å². The summed E-state index contributed by atoms with van der Waals surface area (Å²) < 4.78 is 5.12. The minimum atomic E-state index is -0.515. The molecule has 0 aliphatic heterocycles. The van der Waals surface area contributed by atoms with Gasteiger partial charge in [0.1, 0.15) is 23.3 Å². The average Bonchev–Trinajstić information content (AvgIpc) is 3.00. The van der Waals surface area contributed by atoms with Gasteiger partial charge in [0.15, 0.2) is 17.4 Å². The highest BCUT2D eigenvalue weighted by Crippen LogP contribution is 2.39. The first kappa shape index (κ1) is 28.1. The fourth-order valence-corrected chi connectivity index (χ4v) is 4.84. The minimum Gasteiger partial charge on any atom is -0.507 e. The number of pyridine rings is 1. The second-order valence-corrected chi connectivity index (χ2v) is 9.61. The summed E-state index contributed by atoms with van der Waals surface area (Å²) in [4.78, 5) is 31.4. The normalized spacial score (nSPS) is 12.1. The maximum absolute atomic E-state index is 13.5. The van der Waals surface area contributed by atoms with Gasteiger partial charge in [0.25, 0.3) is 0 Å². The van der Waals surface area contributed by atoms with Gasteiger partial charge in [-0.1, -0.05) is 54.6 Å². The van der Waals surface area contributed by atoms with Crippen LogP contribution in [0.2, 0.25) is 0 Å². The van der Waals surface area contributed by atoms with Crippen LogP contribution in [0.3, 0.4) is 0 Å². The molecular formula is C32H28N6O4. The molecule has 3 N–H and O–H groups in total. The van der Waals surface area contributed by atoms with Crippen LogP contribution in [0.25, 0.3) is 0 Å². The minimum absolute atomic E-state index is 0.0582. The van der Waals surface area contributed by atoms with Crippen molar-refractivity contribution in [3.05, 3.63) is 106 Å². The molecule has 10 nitrogen and oxygen atoms in total. The monoisotopic (exact) mass is 560 g/mol. The number of anilines is 2. The number of nitrogens with zero attached hydrogens (tertiary/aromatic N) is 4.